The standard InChI is InChI=1S/C17H29N3O3/c1-12(2)15(22)18-6-8-19(9-7-18)16(23)13-10-14(21)20(11-13)17(3,4)5/h12-13H,6-11H2,1-5H3. The largest absolute Gasteiger partial charge is 0.339 e. The normalized spacial score (nSPS) is 23.0. The number of nitrogens with zero attached hydrogens (tertiary/aromatic N) is 3. The van der Waals surface area contributed by atoms with Crippen molar-refractivity contribution < 1.29 is 14.4 Å². The molecule has 23 heavy (non-hydrogen) atoms. The van der Waals surface area contributed by atoms with Gasteiger partial charge in [0, 0.05) is 50.6 Å². The molecule has 2 aliphatic rings. The fourth-order valence-electron chi connectivity index (χ4n) is 3.29. The molecule has 6 heteroatoms. The molecule has 0 saturated carbocycles. The van der Waals surface area contributed by atoms with Crippen LogP contribution >= 0.6 is 0 Å². The zero-order chi connectivity index (χ0) is 17.4. The van der Waals surface area contributed by atoms with E-state index in [0.717, 1.165) is 0 Å². The maximum atomic E-state index is 12.7. The molecule has 1 unspecified atom stereocenters. The molecular weight excluding hydrogens is 294 g/mol. The summed E-state index contributed by atoms with van der Waals surface area (Å²) in [4.78, 5) is 42.3. The molecule has 0 aliphatic carbocycles. The third-order valence-corrected chi connectivity index (χ3v) is 4.68. The summed E-state index contributed by atoms with van der Waals surface area (Å²) < 4.78 is 0. The lowest BCUT2D eigenvalue weighted by Crippen LogP contribution is -2.53. The Bertz CT molecular complexity index is 488. The van der Waals surface area contributed by atoms with Crippen LogP contribution in [0.15, 0.2) is 0 Å². The fraction of sp³-hybridized carbons (Fsp3) is 0.824. The highest BCUT2D eigenvalue weighted by atomic mass is 16.2. The Morgan fingerprint density at radius 3 is 2.00 bits per heavy atom. The van der Waals surface area contributed by atoms with Crippen molar-refractivity contribution in [3.05, 3.63) is 0 Å². The van der Waals surface area contributed by atoms with Crippen molar-refractivity contribution in [2.45, 2.75) is 46.6 Å². The van der Waals surface area contributed by atoms with Gasteiger partial charge in [-0.3, -0.25) is 14.4 Å². The highest BCUT2D eigenvalue weighted by Gasteiger charge is 2.41. The van der Waals surface area contributed by atoms with E-state index in [9.17, 15) is 14.4 Å². The van der Waals surface area contributed by atoms with Crippen molar-refractivity contribution in [2.75, 3.05) is 32.7 Å². The van der Waals surface area contributed by atoms with Crippen LogP contribution < -0.4 is 0 Å². The molecule has 2 saturated heterocycles. The van der Waals surface area contributed by atoms with Crippen molar-refractivity contribution in [1.29, 1.82) is 0 Å². The van der Waals surface area contributed by atoms with Crippen molar-refractivity contribution in [3.63, 3.8) is 0 Å². The van der Waals surface area contributed by atoms with Crippen LogP contribution in [0.25, 0.3) is 0 Å². The summed E-state index contributed by atoms with van der Waals surface area (Å²) in [7, 11) is 0. The topological polar surface area (TPSA) is 60.9 Å². The maximum absolute atomic E-state index is 12.7. The van der Waals surface area contributed by atoms with Crippen LogP contribution in [-0.4, -0.2) is 70.7 Å². The van der Waals surface area contributed by atoms with E-state index in [4.69, 9.17) is 0 Å². The fourth-order valence-corrected chi connectivity index (χ4v) is 3.29. The van der Waals surface area contributed by atoms with E-state index in [0.29, 0.717) is 39.1 Å². The van der Waals surface area contributed by atoms with Gasteiger partial charge in [0.15, 0.2) is 0 Å². The van der Waals surface area contributed by atoms with Gasteiger partial charge in [0.2, 0.25) is 17.7 Å². The zero-order valence-electron chi connectivity index (χ0n) is 15.0. The summed E-state index contributed by atoms with van der Waals surface area (Å²) in [6.45, 7) is 12.6. The summed E-state index contributed by atoms with van der Waals surface area (Å²) in [5, 5.41) is 0. The molecule has 0 aromatic rings. The predicted molar refractivity (Wildman–Crippen MR) is 87.6 cm³/mol. The Kier molecular flexibility index (Phi) is 5.01. The number of carbonyl (C=O) groups is 3. The minimum atomic E-state index is -0.242. The van der Waals surface area contributed by atoms with Gasteiger partial charge in [0.1, 0.15) is 0 Å². The third kappa shape index (κ3) is 3.85. The molecule has 0 radical (unpaired) electrons. The van der Waals surface area contributed by atoms with Gasteiger partial charge in [0.25, 0.3) is 0 Å². The number of hydrogen-bond acceptors (Lipinski definition) is 3. The number of likely N-dealkylation sites (tertiary alicyclic amines) is 1. The number of amides is 3. The van der Waals surface area contributed by atoms with Gasteiger partial charge in [-0.2, -0.15) is 0 Å². The summed E-state index contributed by atoms with van der Waals surface area (Å²) in [6.07, 6.45) is 0.307. The number of rotatable bonds is 2. The van der Waals surface area contributed by atoms with Crippen LogP contribution in [-0.2, 0) is 14.4 Å². The van der Waals surface area contributed by atoms with Gasteiger partial charge in [0.05, 0.1) is 5.92 Å². The Hall–Kier alpha value is -1.59. The van der Waals surface area contributed by atoms with Crippen LogP contribution in [0.4, 0.5) is 0 Å². The zero-order valence-corrected chi connectivity index (χ0v) is 15.0. The first-order valence-corrected chi connectivity index (χ1v) is 8.49. The van der Waals surface area contributed by atoms with Gasteiger partial charge in [-0.05, 0) is 20.8 Å². The number of hydrogen-bond donors (Lipinski definition) is 0. The lowest BCUT2D eigenvalue weighted by Gasteiger charge is -2.37. The van der Waals surface area contributed by atoms with E-state index >= 15 is 0 Å². The van der Waals surface area contributed by atoms with E-state index in [1.807, 2.05) is 44.4 Å². The van der Waals surface area contributed by atoms with Crippen LogP contribution in [0.2, 0.25) is 0 Å². The number of carbonyl (C=O) groups excluding carboxylic acids is 3. The molecule has 0 bridgehead atoms. The van der Waals surface area contributed by atoms with E-state index < -0.39 is 0 Å². The van der Waals surface area contributed by atoms with E-state index in [-0.39, 0.29) is 35.1 Å². The Morgan fingerprint density at radius 2 is 1.57 bits per heavy atom. The van der Waals surface area contributed by atoms with E-state index in [2.05, 4.69) is 0 Å². The van der Waals surface area contributed by atoms with Crippen LogP contribution in [0, 0.1) is 11.8 Å². The van der Waals surface area contributed by atoms with Crippen LogP contribution in [0.5, 0.6) is 0 Å². The molecule has 2 fully saturated rings. The van der Waals surface area contributed by atoms with E-state index in [1.54, 1.807) is 4.90 Å². The first-order chi connectivity index (χ1) is 10.6. The molecular formula is C17H29N3O3. The average molecular weight is 323 g/mol. The van der Waals surface area contributed by atoms with Crippen molar-refractivity contribution in [3.8, 4) is 0 Å². The summed E-state index contributed by atoms with van der Waals surface area (Å²) in [6, 6.07) is 0. The molecule has 3 amide bonds. The third-order valence-electron chi connectivity index (χ3n) is 4.68. The van der Waals surface area contributed by atoms with Gasteiger partial charge in [-0.25, -0.2) is 0 Å². The van der Waals surface area contributed by atoms with Crippen molar-refractivity contribution in [1.82, 2.24) is 14.7 Å². The minimum absolute atomic E-state index is 0.00921. The molecule has 0 spiro atoms. The molecule has 0 aromatic carbocycles. The highest BCUT2D eigenvalue weighted by Crippen LogP contribution is 2.27. The molecule has 130 valence electrons. The van der Waals surface area contributed by atoms with Crippen LogP contribution in [0.1, 0.15) is 41.0 Å². The van der Waals surface area contributed by atoms with Gasteiger partial charge in [-0.15, -0.1) is 0 Å². The summed E-state index contributed by atoms with van der Waals surface area (Å²) in [5.74, 6) is 0.0115. The monoisotopic (exact) mass is 323 g/mol. The second kappa shape index (κ2) is 6.49. The predicted octanol–water partition coefficient (Wildman–Crippen LogP) is 0.960. The Morgan fingerprint density at radius 1 is 1.04 bits per heavy atom. The SMILES string of the molecule is CC(C)C(=O)N1CCN(C(=O)C2CC(=O)N(C(C)(C)C)C2)CC1. The molecule has 1 atom stereocenters. The molecule has 0 aromatic heterocycles. The minimum Gasteiger partial charge on any atom is -0.339 e. The highest BCUT2D eigenvalue weighted by molar-refractivity contribution is 5.89. The molecule has 2 heterocycles. The second-order valence-electron chi connectivity index (χ2n) is 7.88. The van der Waals surface area contributed by atoms with Gasteiger partial charge < -0.3 is 14.7 Å². The van der Waals surface area contributed by atoms with Gasteiger partial charge >= 0.3 is 0 Å². The smallest absolute Gasteiger partial charge is 0.228 e. The second-order valence-corrected chi connectivity index (χ2v) is 7.88. The summed E-state index contributed by atoms with van der Waals surface area (Å²) >= 11 is 0. The Labute approximate surface area is 138 Å². The van der Waals surface area contributed by atoms with Crippen molar-refractivity contribution >= 4 is 17.7 Å². The van der Waals surface area contributed by atoms with E-state index in [1.165, 1.54) is 0 Å². The van der Waals surface area contributed by atoms with Crippen molar-refractivity contribution in [2.24, 2.45) is 11.8 Å². The average Bonchev–Trinajstić information content (AvgIpc) is 2.88. The lowest BCUT2D eigenvalue weighted by molar-refractivity contribution is -0.143. The molecule has 6 nitrogen and oxygen atoms in total. The van der Waals surface area contributed by atoms with Gasteiger partial charge in [-0.1, -0.05) is 13.8 Å². The molecule has 2 rings (SSSR count). The molecule has 0 N–H and O–H groups in total. The lowest BCUT2D eigenvalue weighted by atomic mass is 10.1. The number of piperazine rings is 1. The first kappa shape index (κ1) is 17.8. The first-order valence-electron chi connectivity index (χ1n) is 8.49. The Balaban J connectivity index is 1.91. The quantitative estimate of drug-likeness (QED) is 0.760. The molecule has 2 aliphatic heterocycles. The maximum Gasteiger partial charge on any atom is 0.228 e. The van der Waals surface area contributed by atoms with Crippen LogP contribution in [0.3, 0.4) is 0 Å². The summed E-state index contributed by atoms with van der Waals surface area (Å²) in [5.41, 5.74) is -0.242.